The summed E-state index contributed by atoms with van der Waals surface area (Å²) in [6.07, 6.45) is 5.17. The van der Waals surface area contributed by atoms with E-state index in [9.17, 15) is 0 Å². The number of hydrogen-bond donors (Lipinski definition) is 2. The number of nitrogens with two attached hydrogens (primary N) is 2. The number of rotatable bonds is 1. The van der Waals surface area contributed by atoms with Gasteiger partial charge in [0.25, 0.3) is 0 Å². The summed E-state index contributed by atoms with van der Waals surface area (Å²) in [5.74, 6) is 0.546. The summed E-state index contributed by atoms with van der Waals surface area (Å²) in [5.41, 5.74) is 10.9. The van der Waals surface area contributed by atoms with Gasteiger partial charge in [-0.15, -0.1) is 0 Å². The van der Waals surface area contributed by atoms with Gasteiger partial charge in [0.1, 0.15) is 0 Å². The molecule has 4 N–H and O–H groups in total. The van der Waals surface area contributed by atoms with Crippen LogP contribution in [0.5, 0.6) is 0 Å². The third kappa shape index (κ3) is 1.08. The fourth-order valence-electron chi connectivity index (χ4n) is 0.981. The van der Waals surface area contributed by atoms with Gasteiger partial charge in [-0.2, -0.15) is 0 Å². The van der Waals surface area contributed by atoms with Crippen molar-refractivity contribution in [3.63, 3.8) is 0 Å². The molecule has 0 aliphatic heterocycles. The third-order valence-corrected chi connectivity index (χ3v) is 1.51. The van der Waals surface area contributed by atoms with E-state index in [4.69, 9.17) is 11.5 Å². The minimum absolute atomic E-state index is 0.267. The minimum Gasteiger partial charge on any atom is -0.330 e. The van der Waals surface area contributed by atoms with Crippen LogP contribution in [-0.2, 0) is 0 Å². The van der Waals surface area contributed by atoms with E-state index >= 15 is 0 Å². The molecule has 2 atom stereocenters. The molecule has 0 saturated heterocycles. The molecule has 46 valence electrons. The summed E-state index contributed by atoms with van der Waals surface area (Å²) < 4.78 is 0. The SMILES string of the molecule is NC[C@H]1C=C[C@@H](N)C1. The Kier molecular flexibility index (Phi) is 1.65. The maximum atomic E-state index is 5.56. The fourth-order valence-corrected chi connectivity index (χ4v) is 0.981. The van der Waals surface area contributed by atoms with Gasteiger partial charge in [0.2, 0.25) is 0 Å². The zero-order chi connectivity index (χ0) is 5.98. The van der Waals surface area contributed by atoms with Gasteiger partial charge >= 0.3 is 0 Å². The zero-order valence-electron chi connectivity index (χ0n) is 4.88. The van der Waals surface area contributed by atoms with Crippen molar-refractivity contribution in [2.45, 2.75) is 12.5 Å². The third-order valence-electron chi connectivity index (χ3n) is 1.51. The van der Waals surface area contributed by atoms with Crippen LogP contribution in [0.2, 0.25) is 0 Å². The van der Waals surface area contributed by atoms with Gasteiger partial charge in [-0.1, -0.05) is 12.2 Å². The van der Waals surface area contributed by atoms with Crippen molar-refractivity contribution in [3.05, 3.63) is 12.2 Å². The van der Waals surface area contributed by atoms with E-state index in [0.717, 1.165) is 13.0 Å². The highest BCUT2D eigenvalue weighted by Crippen LogP contribution is 2.13. The molecule has 0 amide bonds. The first-order chi connectivity index (χ1) is 3.83. The maximum absolute atomic E-state index is 5.56. The molecule has 0 aromatic heterocycles. The Bertz CT molecular complexity index is 98.7. The van der Waals surface area contributed by atoms with Crippen LogP contribution in [0.3, 0.4) is 0 Å². The molecule has 8 heavy (non-hydrogen) atoms. The standard InChI is InChI=1S/C6H12N2/c7-4-5-1-2-6(8)3-5/h1-2,5-6H,3-4,7-8H2/t5-,6+/m0/s1. The monoisotopic (exact) mass is 112 g/mol. The minimum atomic E-state index is 0.267. The van der Waals surface area contributed by atoms with Crippen LogP contribution in [0.4, 0.5) is 0 Å². The van der Waals surface area contributed by atoms with E-state index in [1.807, 2.05) is 6.08 Å². The lowest BCUT2D eigenvalue weighted by Crippen LogP contribution is -2.18. The molecule has 1 rings (SSSR count). The zero-order valence-corrected chi connectivity index (χ0v) is 4.88. The summed E-state index contributed by atoms with van der Waals surface area (Å²) >= 11 is 0. The van der Waals surface area contributed by atoms with Crippen LogP contribution in [0, 0.1) is 5.92 Å². The van der Waals surface area contributed by atoms with E-state index in [0.29, 0.717) is 5.92 Å². The molecule has 0 unspecified atom stereocenters. The van der Waals surface area contributed by atoms with Crippen molar-refractivity contribution in [1.29, 1.82) is 0 Å². The van der Waals surface area contributed by atoms with Crippen molar-refractivity contribution < 1.29 is 0 Å². The molecule has 1 aliphatic rings. The van der Waals surface area contributed by atoms with Gasteiger partial charge in [0.05, 0.1) is 0 Å². The molecule has 0 fully saturated rings. The van der Waals surface area contributed by atoms with Crippen LogP contribution >= 0.6 is 0 Å². The van der Waals surface area contributed by atoms with E-state index in [1.54, 1.807) is 0 Å². The Morgan fingerprint density at radius 1 is 1.50 bits per heavy atom. The van der Waals surface area contributed by atoms with Crippen LogP contribution in [0.1, 0.15) is 6.42 Å². The van der Waals surface area contributed by atoms with Crippen LogP contribution < -0.4 is 11.5 Å². The molecule has 2 heteroatoms. The maximum Gasteiger partial charge on any atom is 0.0229 e. The van der Waals surface area contributed by atoms with E-state index < -0.39 is 0 Å². The summed E-state index contributed by atoms with van der Waals surface area (Å²) in [6, 6.07) is 0.267. The highest BCUT2D eigenvalue weighted by Gasteiger charge is 2.12. The van der Waals surface area contributed by atoms with E-state index in [-0.39, 0.29) is 6.04 Å². The van der Waals surface area contributed by atoms with Gasteiger partial charge in [-0.05, 0) is 18.9 Å². The fraction of sp³-hybridized carbons (Fsp3) is 0.667. The lowest BCUT2D eigenvalue weighted by molar-refractivity contribution is 0.601. The van der Waals surface area contributed by atoms with Gasteiger partial charge in [-0.25, -0.2) is 0 Å². The second-order valence-corrected chi connectivity index (χ2v) is 2.28. The van der Waals surface area contributed by atoms with Crippen molar-refractivity contribution in [1.82, 2.24) is 0 Å². The summed E-state index contributed by atoms with van der Waals surface area (Å²) in [4.78, 5) is 0. The molecule has 2 nitrogen and oxygen atoms in total. The highest BCUT2D eigenvalue weighted by atomic mass is 14.6. The molecule has 0 spiro atoms. The molecular weight excluding hydrogens is 100 g/mol. The summed E-state index contributed by atoms with van der Waals surface area (Å²) in [7, 11) is 0. The first-order valence-electron chi connectivity index (χ1n) is 2.97. The Balaban J connectivity index is 2.34. The lowest BCUT2D eigenvalue weighted by Gasteiger charge is -2.02. The second kappa shape index (κ2) is 2.29. The van der Waals surface area contributed by atoms with Crippen molar-refractivity contribution >= 4 is 0 Å². The molecular formula is C6H12N2. The van der Waals surface area contributed by atoms with Gasteiger partial charge in [0, 0.05) is 6.04 Å². The Labute approximate surface area is 49.5 Å². The predicted octanol–water partition coefficient (Wildman–Crippen LogP) is -0.152. The van der Waals surface area contributed by atoms with Crippen LogP contribution in [0.15, 0.2) is 12.2 Å². The quantitative estimate of drug-likeness (QED) is 0.463. The average molecular weight is 112 g/mol. The lowest BCUT2D eigenvalue weighted by atomic mass is 10.1. The molecule has 1 aliphatic carbocycles. The first-order valence-corrected chi connectivity index (χ1v) is 2.97. The van der Waals surface area contributed by atoms with Gasteiger partial charge in [-0.3, -0.25) is 0 Å². The van der Waals surface area contributed by atoms with E-state index in [1.165, 1.54) is 0 Å². The Morgan fingerprint density at radius 2 is 2.25 bits per heavy atom. The van der Waals surface area contributed by atoms with Gasteiger partial charge in [0.15, 0.2) is 0 Å². The summed E-state index contributed by atoms with van der Waals surface area (Å²) in [5, 5.41) is 0. The molecule has 0 heterocycles. The predicted molar refractivity (Wildman–Crippen MR) is 34.3 cm³/mol. The molecule has 0 aromatic rings. The molecule has 0 radical (unpaired) electrons. The Hall–Kier alpha value is -0.340. The molecule has 0 aromatic carbocycles. The largest absolute Gasteiger partial charge is 0.330 e. The highest BCUT2D eigenvalue weighted by molar-refractivity contribution is 5.04. The first kappa shape index (κ1) is 5.79. The van der Waals surface area contributed by atoms with Crippen LogP contribution in [-0.4, -0.2) is 12.6 Å². The van der Waals surface area contributed by atoms with Crippen molar-refractivity contribution in [3.8, 4) is 0 Å². The second-order valence-electron chi connectivity index (χ2n) is 2.28. The van der Waals surface area contributed by atoms with E-state index in [2.05, 4.69) is 6.08 Å². The average Bonchev–Trinajstić information content (AvgIpc) is 2.14. The molecule has 0 saturated carbocycles. The normalized spacial score (nSPS) is 36.2. The topological polar surface area (TPSA) is 52.0 Å². The van der Waals surface area contributed by atoms with Gasteiger partial charge < -0.3 is 11.5 Å². The van der Waals surface area contributed by atoms with Crippen LogP contribution in [0.25, 0.3) is 0 Å². The summed E-state index contributed by atoms with van der Waals surface area (Å²) in [6.45, 7) is 0.740. The van der Waals surface area contributed by atoms with Crippen molar-refractivity contribution in [2.75, 3.05) is 6.54 Å². The molecule has 0 bridgehead atoms. The smallest absolute Gasteiger partial charge is 0.0229 e. The Morgan fingerprint density at radius 3 is 2.50 bits per heavy atom. The number of hydrogen-bond acceptors (Lipinski definition) is 2. The van der Waals surface area contributed by atoms with Crippen molar-refractivity contribution in [2.24, 2.45) is 17.4 Å².